The summed E-state index contributed by atoms with van der Waals surface area (Å²) in [6, 6.07) is 9.46. The molecule has 11 heteroatoms. The third-order valence-corrected chi connectivity index (χ3v) is 9.60. The second-order valence-corrected chi connectivity index (χ2v) is 11.4. The summed E-state index contributed by atoms with van der Waals surface area (Å²) in [4.78, 5) is 2.99. The van der Waals surface area contributed by atoms with Crippen LogP contribution >= 0.6 is 0 Å². The van der Waals surface area contributed by atoms with Crippen LogP contribution in [0.1, 0.15) is 5.56 Å². The number of rotatable bonds is 6. The van der Waals surface area contributed by atoms with E-state index in [9.17, 15) is 27.0 Å². The molecule has 0 spiro atoms. The van der Waals surface area contributed by atoms with E-state index in [1.165, 1.54) is 49.6 Å². The van der Waals surface area contributed by atoms with E-state index >= 15 is 0 Å². The van der Waals surface area contributed by atoms with Crippen molar-refractivity contribution in [3.05, 3.63) is 59.4 Å². The Labute approximate surface area is 181 Å². The lowest BCUT2D eigenvalue weighted by Gasteiger charge is -2.26. The quantitative estimate of drug-likeness (QED) is 0.611. The minimum absolute atomic E-state index is 0.0481. The Balaban J connectivity index is 2.01. The van der Waals surface area contributed by atoms with E-state index in [-0.39, 0.29) is 15.5 Å². The van der Waals surface area contributed by atoms with Gasteiger partial charge in [0, 0.05) is 13.1 Å². The lowest BCUT2D eigenvalue weighted by atomic mass is 10.1. The largest absolute Gasteiger partial charge is 0.497 e. The first-order valence-corrected chi connectivity index (χ1v) is 12.2. The molecule has 0 unspecified atom stereocenters. The molecular formula is C20H22N2O7S2. The summed E-state index contributed by atoms with van der Waals surface area (Å²) in [5.74, 6) is 0.466. The van der Waals surface area contributed by atoms with Crippen LogP contribution in [0.5, 0.6) is 5.75 Å². The molecule has 0 aromatic heterocycles. The molecule has 0 amide bonds. The number of sulfonamides is 1. The van der Waals surface area contributed by atoms with Crippen LogP contribution in [-0.2, 0) is 19.9 Å². The predicted molar refractivity (Wildman–Crippen MR) is 112 cm³/mol. The molecule has 166 valence electrons. The average molecular weight is 467 g/mol. The SMILES string of the molecule is [C-]#[N+]c1ccc(S(=O)(=O)[C@H]2CN(S(=O)(=O)c3ccc(OC)cc3C)C[C@@]2(O)CO)cc1. The molecule has 3 rings (SSSR count). The number of aliphatic hydroxyl groups is 2. The summed E-state index contributed by atoms with van der Waals surface area (Å²) in [7, 11) is -6.93. The minimum atomic E-state index is -4.22. The number of benzene rings is 2. The summed E-state index contributed by atoms with van der Waals surface area (Å²) < 4.78 is 58.7. The Morgan fingerprint density at radius 3 is 2.35 bits per heavy atom. The first-order chi connectivity index (χ1) is 14.5. The average Bonchev–Trinajstić information content (AvgIpc) is 3.13. The maximum atomic E-state index is 13.2. The van der Waals surface area contributed by atoms with Gasteiger partial charge in [-0.1, -0.05) is 24.3 Å². The third-order valence-electron chi connectivity index (χ3n) is 5.36. The van der Waals surface area contributed by atoms with E-state index in [1.807, 2.05) is 0 Å². The van der Waals surface area contributed by atoms with E-state index in [0.717, 1.165) is 4.31 Å². The minimum Gasteiger partial charge on any atom is -0.497 e. The van der Waals surface area contributed by atoms with Crippen molar-refractivity contribution in [1.29, 1.82) is 0 Å². The van der Waals surface area contributed by atoms with Gasteiger partial charge < -0.3 is 14.9 Å². The zero-order valence-electron chi connectivity index (χ0n) is 16.9. The molecule has 2 atom stereocenters. The van der Waals surface area contributed by atoms with Crippen LogP contribution in [0.15, 0.2) is 52.3 Å². The molecule has 0 aliphatic carbocycles. The van der Waals surface area contributed by atoms with Crippen LogP contribution in [0.3, 0.4) is 0 Å². The molecule has 1 saturated heterocycles. The van der Waals surface area contributed by atoms with Crippen molar-refractivity contribution >= 4 is 25.5 Å². The summed E-state index contributed by atoms with van der Waals surface area (Å²) in [6.45, 7) is 6.50. The molecule has 1 heterocycles. The van der Waals surface area contributed by atoms with Gasteiger partial charge in [-0.15, -0.1) is 0 Å². The van der Waals surface area contributed by atoms with E-state index in [4.69, 9.17) is 11.3 Å². The number of hydrogen-bond acceptors (Lipinski definition) is 7. The fraction of sp³-hybridized carbons (Fsp3) is 0.350. The van der Waals surface area contributed by atoms with Gasteiger partial charge in [-0.05, 0) is 30.7 Å². The van der Waals surface area contributed by atoms with Crippen molar-refractivity contribution in [2.75, 3.05) is 26.8 Å². The van der Waals surface area contributed by atoms with Crippen LogP contribution in [0, 0.1) is 13.5 Å². The maximum absolute atomic E-state index is 13.2. The van der Waals surface area contributed by atoms with E-state index < -0.39 is 50.4 Å². The van der Waals surface area contributed by atoms with Gasteiger partial charge in [-0.2, -0.15) is 4.31 Å². The lowest BCUT2D eigenvalue weighted by molar-refractivity contribution is 0.00160. The summed E-state index contributed by atoms with van der Waals surface area (Å²) in [5, 5.41) is 19.1. The predicted octanol–water partition coefficient (Wildman–Crippen LogP) is 1.12. The van der Waals surface area contributed by atoms with Crippen LogP contribution < -0.4 is 4.74 Å². The molecule has 0 saturated carbocycles. The Bertz CT molecular complexity index is 1240. The van der Waals surface area contributed by atoms with Gasteiger partial charge in [0.05, 0.1) is 30.1 Å². The third kappa shape index (κ3) is 4.05. The van der Waals surface area contributed by atoms with Crippen molar-refractivity contribution in [2.45, 2.75) is 27.6 Å². The Hall–Kier alpha value is -2.49. The highest BCUT2D eigenvalue weighted by atomic mass is 32.2. The van der Waals surface area contributed by atoms with Gasteiger partial charge in [0.2, 0.25) is 10.0 Å². The molecule has 9 nitrogen and oxygen atoms in total. The summed E-state index contributed by atoms with van der Waals surface area (Å²) >= 11 is 0. The van der Waals surface area contributed by atoms with Crippen molar-refractivity contribution in [3.8, 4) is 5.75 Å². The van der Waals surface area contributed by atoms with E-state index in [0.29, 0.717) is 11.3 Å². The fourth-order valence-corrected chi connectivity index (χ4v) is 7.36. The number of ether oxygens (including phenoxy) is 1. The van der Waals surface area contributed by atoms with Crippen LogP contribution in [0.4, 0.5) is 5.69 Å². The monoisotopic (exact) mass is 466 g/mol. The van der Waals surface area contributed by atoms with Crippen LogP contribution in [0.25, 0.3) is 4.85 Å². The molecule has 1 aliphatic rings. The van der Waals surface area contributed by atoms with Crippen LogP contribution in [-0.4, -0.2) is 69.0 Å². The highest BCUT2D eigenvalue weighted by Gasteiger charge is 2.55. The smallest absolute Gasteiger partial charge is 0.243 e. The van der Waals surface area contributed by atoms with Gasteiger partial charge in [-0.3, -0.25) is 0 Å². The number of sulfone groups is 1. The lowest BCUT2D eigenvalue weighted by Crippen LogP contribution is -2.49. The molecule has 1 aliphatic heterocycles. The van der Waals surface area contributed by atoms with Crippen LogP contribution in [0.2, 0.25) is 0 Å². The number of aliphatic hydroxyl groups excluding tert-OH is 1. The molecule has 0 radical (unpaired) electrons. The zero-order valence-corrected chi connectivity index (χ0v) is 18.5. The fourth-order valence-electron chi connectivity index (χ4n) is 3.60. The number of nitrogens with zero attached hydrogens (tertiary/aromatic N) is 2. The van der Waals surface area contributed by atoms with E-state index in [1.54, 1.807) is 6.92 Å². The van der Waals surface area contributed by atoms with Gasteiger partial charge in [0.15, 0.2) is 15.5 Å². The highest BCUT2D eigenvalue weighted by molar-refractivity contribution is 7.92. The second-order valence-electron chi connectivity index (χ2n) is 7.33. The van der Waals surface area contributed by atoms with E-state index in [2.05, 4.69) is 4.85 Å². The molecule has 0 bridgehead atoms. The Morgan fingerprint density at radius 1 is 1.19 bits per heavy atom. The number of methoxy groups -OCH3 is 1. The topological polar surface area (TPSA) is 126 Å². The van der Waals surface area contributed by atoms with Gasteiger partial charge in [0.1, 0.15) is 16.6 Å². The van der Waals surface area contributed by atoms with Gasteiger partial charge in [0.25, 0.3) is 0 Å². The number of hydrogen-bond donors (Lipinski definition) is 2. The molecule has 31 heavy (non-hydrogen) atoms. The molecule has 1 fully saturated rings. The Kier molecular flexibility index (Phi) is 6.14. The summed E-state index contributed by atoms with van der Waals surface area (Å²) in [5.41, 5.74) is -1.56. The van der Waals surface area contributed by atoms with Gasteiger partial charge >= 0.3 is 0 Å². The zero-order chi connectivity index (χ0) is 23.0. The molecular weight excluding hydrogens is 444 g/mol. The summed E-state index contributed by atoms with van der Waals surface area (Å²) in [6.07, 6.45) is 0. The van der Waals surface area contributed by atoms with Crippen molar-refractivity contribution < 1.29 is 31.8 Å². The first-order valence-electron chi connectivity index (χ1n) is 9.19. The number of β-amino-alcohol motifs (C(OH)–C–C–N with tert-alkyl or cyclic N) is 1. The van der Waals surface area contributed by atoms with Gasteiger partial charge in [-0.25, -0.2) is 21.7 Å². The first kappa shape index (κ1) is 23.2. The Morgan fingerprint density at radius 2 is 1.84 bits per heavy atom. The van der Waals surface area contributed by atoms with Crippen molar-refractivity contribution in [1.82, 2.24) is 4.31 Å². The highest BCUT2D eigenvalue weighted by Crippen LogP contribution is 2.36. The molecule has 2 aromatic rings. The van der Waals surface area contributed by atoms with Crippen molar-refractivity contribution in [2.24, 2.45) is 0 Å². The van der Waals surface area contributed by atoms with Crippen molar-refractivity contribution in [3.63, 3.8) is 0 Å². The molecule has 2 N–H and O–H groups in total. The standard InChI is InChI=1S/C20H22N2O7S2/c1-14-10-16(29-3)6-9-18(14)31(27,28)22-11-19(20(24,12-22)13-23)30(25,26)17-7-4-15(21-2)5-8-17/h4-10,19,23-24H,11-13H2,1,3H3/t19-,20+/m0/s1. The molecule has 2 aromatic carbocycles. The number of aryl methyl sites for hydroxylation is 1. The maximum Gasteiger partial charge on any atom is 0.243 e. The normalized spacial score (nSPS) is 22.2. The second kappa shape index (κ2) is 8.22.